The number of aromatic nitrogens is 4. The van der Waals surface area contributed by atoms with Crippen molar-refractivity contribution in [3.8, 4) is 16.8 Å². The van der Waals surface area contributed by atoms with Gasteiger partial charge in [-0.15, -0.1) is 6.20 Å². The zero-order valence-corrected chi connectivity index (χ0v) is 25.6. The molecule has 0 fully saturated rings. The van der Waals surface area contributed by atoms with Crippen LogP contribution in [0.1, 0.15) is 0 Å². The van der Waals surface area contributed by atoms with Gasteiger partial charge in [-0.05, 0) is 53.4 Å². The molecular formula is C36H19IrN4OS-. The van der Waals surface area contributed by atoms with Crippen molar-refractivity contribution in [2.45, 2.75) is 0 Å². The molecule has 10 rings (SSSR count). The summed E-state index contributed by atoms with van der Waals surface area (Å²) in [4.78, 5) is 0. The summed E-state index contributed by atoms with van der Waals surface area (Å²) in [5.41, 5.74) is 9.46. The fourth-order valence-electron chi connectivity index (χ4n) is 6.67. The first-order chi connectivity index (χ1) is 20.8. The third-order valence-electron chi connectivity index (χ3n) is 8.51. The van der Waals surface area contributed by atoms with E-state index in [-0.39, 0.29) is 20.1 Å². The van der Waals surface area contributed by atoms with Crippen LogP contribution in [-0.2, 0) is 20.1 Å². The fourth-order valence-corrected chi connectivity index (χ4v) is 7.39. The van der Waals surface area contributed by atoms with E-state index < -0.39 is 0 Å². The summed E-state index contributed by atoms with van der Waals surface area (Å²) in [7, 11) is 0. The van der Waals surface area contributed by atoms with Gasteiger partial charge in [-0.2, -0.15) is 16.6 Å². The Morgan fingerprint density at radius 1 is 0.651 bits per heavy atom. The molecule has 0 atom stereocenters. The molecule has 0 bridgehead atoms. The van der Waals surface area contributed by atoms with Gasteiger partial charge in [0.2, 0.25) is 0 Å². The van der Waals surface area contributed by atoms with Gasteiger partial charge in [0.1, 0.15) is 11.2 Å². The maximum Gasteiger partial charge on any atom is 0.135 e. The molecule has 0 aliphatic heterocycles. The average molecular weight is 748 g/mol. The van der Waals surface area contributed by atoms with Crippen LogP contribution >= 0.6 is 11.5 Å². The van der Waals surface area contributed by atoms with E-state index in [2.05, 4.69) is 112 Å². The first-order valence-corrected chi connectivity index (χ1v) is 14.6. The smallest absolute Gasteiger partial charge is 0.135 e. The van der Waals surface area contributed by atoms with Crippen LogP contribution in [0.15, 0.2) is 120 Å². The van der Waals surface area contributed by atoms with Crippen molar-refractivity contribution in [3.05, 3.63) is 122 Å². The number of hydrogen-bond acceptors (Lipinski definition) is 4. The minimum atomic E-state index is 0. The molecule has 0 unspecified atom stereocenters. The minimum Gasteiger partial charge on any atom is -0.456 e. The summed E-state index contributed by atoms with van der Waals surface area (Å²) < 4.78 is 15.9. The van der Waals surface area contributed by atoms with E-state index in [1.54, 1.807) is 0 Å². The largest absolute Gasteiger partial charge is 0.456 e. The molecule has 7 heteroatoms. The van der Waals surface area contributed by atoms with E-state index in [9.17, 15) is 0 Å². The molecule has 0 amide bonds. The van der Waals surface area contributed by atoms with Crippen molar-refractivity contribution >= 4 is 81.8 Å². The number of para-hydroxylation sites is 2. The maximum atomic E-state index is 6.12. The summed E-state index contributed by atoms with van der Waals surface area (Å²) in [6.07, 6.45) is 5.15. The monoisotopic (exact) mass is 748 g/mol. The number of fused-ring (bicyclic) bond motifs is 12. The number of rotatable bonds is 2. The summed E-state index contributed by atoms with van der Waals surface area (Å²) in [6, 6.07) is 38.6. The summed E-state index contributed by atoms with van der Waals surface area (Å²) in [6.45, 7) is 0. The molecule has 5 aromatic carbocycles. The quantitative estimate of drug-likeness (QED) is 0.166. The van der Waals surface area contributed by atoms with Crippen LogP contribution in [0.25, 0.3) is 87.1 Å². The van der Waals surface area contributed by atoms with E-state index in [1.165, 1.54) is 38.6 Å². The third kappa shape index (κ3) is 3.35. The second kappa shape index (κ2) is 9.09. The van der Waals surface area contributed by atoms with Crippen LogP contribution < -0.4 is 0 Å². The van der Waals surface area contributed by atoms with Crippen LogP contribution in [0.5, 0.6) is 0 Å². The van der Waals surface area contributed by atoms with Crippen molar-refractivity contribution in [2.24, 2.45) is 0 Å². The van der Waals surface area contributed by atoms with Gasteiger partial charge < -0.3 is 13.4 Å². The first-order valence-electron chi connectivity index (χ1n) is 13.8. The second-order valence-electron chi connectivity index (χ2n) is 10.7. The summed E-state index contributed by atoms with van der Waals surface area (Å²) in [5.74, 6) is 0. The molecule has 5 heterocycles. The molecule has 10 aromatic rings. The van der Waals surface area contributed by atoms with Crippen molar-refractivity contribution in [1.29, 1.82) is 0 Å². The Morgan fingerprint density at radius 3 is 2.30 bits per heavy atom. The van der Waals surface area contributed by atoms with Crippen LogP contribution in [0.2, 0.25) is 0 Å². The van der Waals surface area contributed by atoms with E-state index in [1.807, 2.05) is 22.8 Å². The van der Waals surface area contributed by atoms with Gasteiger partial charge in [0.25, 0.3) is 0 Å². The number of nitrogens with zero attached hydrogens (tertiary/aromatic N) is 4. The molecule has 5 aromatic heterocycles. The molecular weight excluding hydrogens is 729 g/mol. The van der Waals surface area contributed by atoms with Gasteiger partial charge in [-0.3, -0.25) is 4.52 Å². The Morgan fingerprint density at radius 2 is 1.40 bits per heavy atom. The summed E-state index contributed by atoms with van der Waals surface area (Å²) in [5, 5.41) is 11.8. The van der Waals surface area contributed by atoms with Gasteiger partial charge in [0.15, 0.2) is 0 Å². The van der Waals surface area contributed by atoms with Crippen molar-refractivity contribution in [2.75, 3.05) is 0 Å². The zero-order valence-electron chi connectivity index (χ0n) is 22.4. The Hall–Kier alpha value is -4.81. The van der Waals surface area contributed by atoms with Gasteiger partial charge in [0, 0.05) is 52.9 Å². The number of benzene rings is 5. The number of furan rings is 1. The summed E-state index contributed by atoms with van der Waals surface area (Å²) >= 11 is 1.47. The van der Waals surface area contributed by atoms with Crippen LogP contribution in [0.3, 0.4) is 0 Å². The molecule has 5 nitrogen and oxygen atoms in total. The fraction of sp³-hybridized carbons (Fsp3) is 0. The Kier molecular flexibility index (Phi) is 5.23. The van der Waals surface area contributed by atoms with E-state index in [4.69, 9.17) is 9.52 Å². The third-order valence-corrected chi connectivity index (χ3v) is 9.29. The Bertz CT molecular complexity index is 2710. The van der Waals surface area contributed by atoms with Crippen molar-refractivity contribution in [3.63, 3.8) is 0 Å². The second-order valence-corrected chi connectivity index (χ2v) is 11.5. The standard InChI is InChI=1S/C36H19N4OS.Ir/c1-2-10-26-25(9-1)35-29(19-37-40(35)32-20-38-42-36(26)32)21-13-15-31-27(17-21)23-7-3-5-11-30(23)39(31)22-14-16-34-28(18-22)24-8-4-6-12-33(24)41-34;/h1-19H;/q-1;. The molecule has 0 saturated heterocycles. The predicted octanol–water partition coefficient (Wildman–Crippen LogP) is 9.56. The van der Waals surface area contributed by atoms with Gasteiger partial charge >= 0.3 is 0 Å². The predicted molar refractivity (Wildman–Crippen MR) is 172 cm³/mol. The molecule has 1 radical (unpaired) electrons. The molecule has 205 valence electrons. The topological polar surface area (TPSA) is 48.3 Å². The van der Waals surface area contributed by atoms with Crippen LogP contribution in [0.4, 0.5) is 0 Å². The SMILES string of the molecule is [Ir].[c-]1nsc2c3ccccc3c3c(-c4ccc5c(c4)c4ccccc4n5-c4ccc5oc6ccccc6c5c4)cnn3c12. The molecule has 43 heavy (non-hydrogen) atoms. The average Bonchev–Trinajstić information content (AvgIpc) is 3.83. The molecule has 0 saturated carbocycles. The van der Waals surface area contributed by atoms with Gasteiger partial charge in [0.05, 0.1) is 22.7 Å². The molecule has 0 spiro atoms. The Labute approximate surface area is 262 Å². The van der Waals surface area contributed by atoms with Crippen molar-refractivity contribution < 1.29 is 24.5 Å². The van der Waals surface area contributed by atoms with Crippen LogP contribution in [0, 0.1) is 6.20 Å². The minimum absolute atomic E-state index is 0. The van der Waals surface area contributed by atoms with Crippen molar-refractivity contribution in [1.82, 2.24) is 18.6 Å². The molecule has 0 aliphatic carbocycles. The van der Waals surface area contributed by atoms with Crippen LogP contribution in [-0.4, -0.2) is 18.6 Å². The maximum absolute atomic E-state index is 6.12. The van der Waals surface area contributed by atoms with Gasteiger partial charge in [-0.25, -0.2) is 0 Å². The normalized spacial score (nSPS) is 12.0. The van der Waals surface area contributed by atoms with E-state index in [0.29, 0.717) is 0 Å². The molecule has 0 N–H and O–H groups in total. The van der Waals surface area contributed by atoms with Gasteiger partial charge in [-0.1, -0.05) is 82.3 Å². The number of pyridine rings is 1. The first kappa shape index (κ1) is 24.8. The van der Waals surface area contributed by atoms with E-state index >= 15 is 0 Å². The number of hydrogen-bond donors (Lipinski definition) is 0. The zero-order chi connectivity index (χ0) is 27.4. The Balaban J connectivity index is 0.00000260. The molecule has 0 aliphatic rings. The van der Waals surface area contributed by atoms with E-state index in [0.717, 1.165) is 60.0 Å².